The van der Waals surface area contributed by atoms with Crippen LogP contribution in [0.1, 0.15) is 5.56 Å². The van der Waals surface area contributed by atoms with Gasteiger partial charge in [-0.05, 0) is 65.2 Å². The van der Waals surface area contributed by atoms with E-state index in [0.717, 1.165) is 66.5 Å². The first-order valence-corrected chi connectivity index (χ1v) is 15.9. The first-order valence-electron chi connectivity index (χ1n) is 15.9. The summed E-state index contributed by atoms with van der Waals surface area (Å²) in [5.74, 6) is 0. The number of rotatable bonds is 4. The zero-order valence-electron chi connectivity index (χ0n) is 25.8. The lowest BCUT2D eigenvalue weighted by Gasteiger charge is -2.16. The Morgan fingerprint density at radius 1 is 0.479 bits per heavy atom. The lowest BCUT2D eigenvalue weighted by molar-refractivity contribution is 1.18. The molecule has 0 atom stereocenters. The smallest absolute Gasteiger partial charge is 0.212 e. The van der Waals surface area contributed by atoms with E-state index in [1.807, 2.05) is 30.3 Å². The minimum absolute atomic E-state index is 0.356. The number of fused-ring (bicyclic) bond motifs is 6. The van der Waals surface area contributed by atoms with Crippen LogP contribution in [0.2, 0.25) is 0 Å². The molecule has 4 nitrogen and oxygen atoms in total. The molecule has 0 aliphatic carbocycles. The van der Waals surface area contributed by atoms with Crippen molar-refractivity contribution in [2.75, 3.05) is 0 Å². The van der Waals surface area contributed by atoms with Gasteiger partial charge in [-0.2, -0.15) is 5.26 Å². The Labute approximate surface area is 277 Å². The highest BCUT2D eigenvalue weighted by Gasteiger charge is 2.19. The molecule has 0 aliphatic heterocycles. The van der Waals surface area contributed by atoms with Crippen LogP contribution in [0.25, 0.3) is 82.1 Å². The fourth-order valence-corrected chi connectivity index (χ4v) is 7.32. The molecule has 0 radical (unpaired) electrons. The third-order valence-corrected chi connectivity index (χ3v) is 9.37. The number of nitriles is 1. The fraction of sp³-hybridized carbons (Fsp3) is 0. The summed E-state index contributed by atoms with van der Waals surface area (Å²) in [6.45, 7) is 8.15. The second-order valence-corrected chi connectivity index (χ2v) is 12.0. The highest BCUT2D eigenvalue weighted by Crippen LogP contribution is 2.41. The number of benzene rings is 7. The van der Waals surface area contributed by atoms with Gasteiger partial charge in [0.15, 0.2) is 0 Å². The van der Waals surface area contributed by atoms with Gasteiger partial charge in [0.05, 0.1) is 46.0 Å². The average Bonchev–Trinajstić information content (AvgIpc) is 3.67. The van der Waals surface area contributed by atoms with E-state index in [-0.39, 0.29) is 0 Å². The number of para-hydroxylation sites is 5. The van der Waals surface area contributed by atoms with Crippen LogP contribution in [-0.2, 0) is 0 Å². The topological polar surface area (TPSA) is 38.0 Å². The molecule has 0 saturated carbocycles. The predicted molar refractivity (Wildman–Crippen MR) is 197 cm³/mol. The van der Waals surface area contributed by atoms with Gasteiger partial charge in [0.25, 0.3) is 0 Å². The molecule has 222 valence electrons. The van der Waals surface area contributed by atoms with Crippen LogP contribution in [-0.4, -0.2) is 9.13 Å². The highest BCUT2D eigenvalue weighted by atomic mass is 15.0. The molecule has 48 heavy (non-hydrogen) atoms. The van der Waals surface area contributed by atoms with Crippen LogP contribution in [0.4, 0.5) is 5.69 Å². The maximum Gasteiger partial charge on any atom is 0.212 e. The van der Waals surface area contributed by atoms with Gasteiger partial charge in [-0.25, -0.2) is 4.85 Å². The van der Waals surface area contributed by atoms with Crippen molar-refractivity contribution in [3.8, 4) is 39.7 Å². The minimum Gasteiger partial charge on any atom is -0.309 e. The van der Waals surface area contributed by atoms with Crippen LogP contribution in [0.3, 0.4) is 0 Å². The first-order chi connectivity index (χ1) is 23.7. The SMILES string of the molecule is [C-]#[N+]c1c(C#N)cc(-n2c3ccccc3c3ccccc32)cc1-c1cccc(-c2ccccc2-n2c3ccccc3c3ccccc32)c1. The quantitative estimate of drug-likeness (QED) is 0.183. The monoisotopic (exact) mass is 610 g/mol. The minimum atomic E-state index is 0.356. The summed E-state index contributed by atoms with van der Waals surface area (Å²) in [6, 6.07) is 56.8. The third-order valence-electron chi connectivity index (χ3n) is 9.37. The van der Waals surface area contributed by atoms with Crippen molar-refractivity contribution in [2.24, 2.45) is 0 Å². The Kier molecular flexibility index (Phi) is 6.22. The van der Waals surface area contributed by atoms with Crippen LogP contribution in [0.5, 0.6) is 0 Å². The second kappa shape index (κ2) is 10.9. The maximum atomic E-state index is 10.3. The summed E-state index contributed by atoms with van der Waals surface area (Å²) < 4.78 is 4.54. The largest absolute Gasteiger partial charge is 0.309 e. The van der Waals surface area contributed by atoms with Crippen LogP contribution >= 0.6 is 0 Å². The summed E-state index contributed by atoms with van der Waals surface area (Å²) in [4.78, 5) is 3.91. The predicted octanol–water partition coefficient (Wildman–Crippen LogP) is 11.6. The molecule has 0 unspecified atom stereocenters. The summed E-state index contributed by atoms with van der Waals surface area (Å²) in [5.41, 5.74) is 10.8. The normalized spacial score (nSPS) is 11.3. The Balaban J connectivity index is 1.27. The summed E-state index contributed by atoms with van der Waals surface area (Å²) >= 11 is 0. The zero-order chi connectivity index (χ0) is 32.2. The van der Waals surface area contributed by atoms with Gasteiger partial charge in [-0.3, -0.25) is 0 Å². The van der Waals surface area contributed by atoms with E-state index >= 15 is 0 Å². The Bertz CT molecular complexity index is 2710. The standard InChI is InChI=1S/C44H26N4/c1-46-44-31(28-45)26-32(47-40-21-8-3-16-34(40)35-17-4-9-22-41(35)47)27-38(44)30-14-12-13-29(25-30)33-15-2-7-20-39(33)48-42-23-10-5-18-36(42)37-19-6-11-24-43(37)48/h2-27H. The van der Waals surface area contributed by atoms with E-state index in [4.69, 9.17) is 6.57 Å². The molecule has 2 heterocycles. The van der Waals surface area contributed by atoms with E-state index in [1.165, 1.54) is 10.8 Å². The van der Waals surface area contributed by atoms with E-state index < -0.39 is 0 Å². The number of nitrogens with zero attached hydrogens (tertiary/aromatic N) is 4. The van der Waals surface area contributed by atoms with Crippen LogP contribution in [0, 0.1) is 17.9 Å². The van der Waals surface area contributed by atoms with Gasteiger partial charge in [-0.15, -0.1) is 0 Å². The molecule has 0 N–H and O–H groups in total. The fourth-order valence-electron chi connectivity index (χ4n) is 7.32. The van der Waals surface area contributed by atoms with Crippen molar-refractivity contribution < 1.29 is 0 Å². The molecule has 0 spiro atoms. The first kappa shape index (κ1) is 27.4. The van der Waals surface area contributed by atoms with Gasteiger partial charge in [0, 0.05) is 32.8 Å². The molecule has 0 bridgehead atoms. The van der Waals surface area contributed by atoms with Crippen molar-refractivity contribution >= 4 is 49.3 Å². The van der Waals surface area contributed by atoms with E-state index in [0.29, 0.717) is 11.3 Å². The molecule has 4 heteroatoms. The molecular weight excluding hydrogens is 585 g/mol. The molecule has 9 aromatic rings. The van der Waals surface area contributed by atoms with E-state index in [1.54, 1.807) is 0 Å². The molecule has 0 saturated heterocycles. The van der Waals surface area contributed by atoms with Gasteiger partial charge < -0.3 is 9.13 Å². The van der Waals surface area contributed by atoms with Crippen molar-refractivity contribution in [3.05, 3.63) is 175 Å². The van der Waals surface area contributed by atoms with Crippen LogP contribution in [0.15, 0.2) is 158 Å². The van der Waals surface area contributed by atoms with Gasteiger partial charge in [0.1, 0.15) is 0 Å². The summed E-state index contributed by atoms with van der Waals surface area (Å²) in [7, 11) is 0. The molecule has 7 aromatic carbocycles. The van der Waals surface area contributed by atoms with Gasteiger partial charge in [0.2, 0.25) is 5.69 Å². The Morgan fingerprint density at radius 2 is 0.958 bits per heavy atom. The third kappa shape index (κ3) is 4.07. The number of hydrogen-bond donors (Lipinski definition) is 0. The molecule has 9 rings (SSSR count). The van der Waals surface area contributed by atoms with Gasteiger partial charge in [-0.1, -0.05) is 109 Å². The summed E-state index contributed by atoms with van der Waals surface area (Å²) in [5, 5.41) is 15.0. The van der Waals surface area contributed by atoms with E-state index in [2.05, 4.69) is 147 Å². The van der Waals surface area contributed by atoms with Crippen molar-refractivity contribution in [1.82, 2.24) is 9.13 Å². The molecule has 0 aliphatic rings. The average molecular weight is 611 g/mol. The highest BCUT2D eigenvalue weighted by molar-refractivity contribution is 6.10. The molecule has 2 aromatic heterocycles. The lowest BCUT2D eigenvalue weighted by Crippen LogP contribution is -1.98. The van der Waals surface area contributed by atoms with Gasteiger partial charge >= 0.3 is 0 Å². The Morgan fingerprint density at radius 3 is 1.50 bits per heavy atom. The maximum absolute atomic E-state index is 10.3. The molecular formula is C44H26N4. The number of aromatic nitrogens is 2. The van der Waals surface area contributed by atoms with Crippen molar-refractivity contribution in [2.45, 2.75) is 0 Å². The molecule has 0 fully saturated rings. The Hall–Kier alpha value is -6.88. The molecule has 0 amide bonds. The van der Waals surface area contributed by atoms with E-state index in [9.17, 15) is 5.26 Å². The van der Waals surface area contributed by atoms with Crippen molar-refractivity contribution in [3.63, 3.8) is 0 Å². The summed E-state index contributed by atoms with van der Waals surface area (Å²) in [6.07, 6.45) is 0. The lowest BCUT2D eigenvalue weighted by atomic mass is 9.95. The number of hydrogen-bond acceptors (Lipinski definition) is 1. The zero-order valence-corrected chi connectivity index (χ0v) is 25.8. The van der Waals surface area contributed by atoms with Crippen LogP contribution < -0.4 is 0 Å². The second-order valence-electron chi connectivity index (χ2n) is 12.0. The van der Waals surface area contributed by atoms with Crippen molar-refractivity contribution in [1.29, 1.82) is 5.26 Å².